The van der Waals surface area contributed by atoms with Crippen molar-refractivity contribution in [2.45, 2.75) is 109 Å². The molecule has 0 amide bonds. The molecule has 0 saturated heterocycles. The number of hydrogen-bond donors (Lipinski definition) is 3. The van der Waals surface area contributed by atoms with Crippen LogP contribution in [-0.2, 0) is 19.7 Å². The molecule has 0 radical (unpaired) electrons. The van der Waals surface area contributed by atoms with Gasteiger partial charge in [0.1, 0.15) is 0 Å². The minimum absolute atomic E-state index is 0. The monoisotopic (exact) mass is 458 g/mol. The number of hydrogen-bond acceptors (Lipinski definition) is 4. The fourth-order valence-corrected chi connectivity index (χ4v) is 4.97. The van der Waals surface area contributed by atoms with Crippen molar-refractivity contribution >= 4 is 34.5 Å². The fourth-order valence-electron chi connectivity index (χ4n) is 3.80. The molecule has 9 heteroatoms. The van der Waals surface area contributed by atoms with E-state index in [-0.39, 0.29) is 25.2 Å². The zero-order valence-corrected chi connectivity index (χ0v) is 19.4. The van der Waals surface area contributed by atoms with E-state index in [4.69, 9.17) is 0 Å². The molecule has 1 atom stereocenters. The van der Waals surface area contributed by atoms with Crippen LogP contribution in [0.1, 0.15) is 104 Å². The van der Waals surface area contributed by atoms with Crippen molar-refractivity contribution in [3.8, 4) is 0 Å². The maximum Gasteiger partial charge on any atom is 0.325 e. The Bertz CT molecular complexity index is 547. The predicted molar refractivity (Wildman–Crippen MR) is 116 cm³/mol. The number of rotatable bonds is 18. The average Bonchev–Trinajstić information content (AvgIpc) is 2.58. The van der Waals surface area contributed by atoms with Gasteiger partial charge >= 0.3 is 11.9 Å². The first-order valence-corrected chi connectivity index (χ1v) is 12.1. The van der Waals surface area contributed by atoms with E-state index >= 15 is 0 Å². The van der Waals surface area contributed by atoms with Crippen molar-refractivity contribution in [3.05, 3.63) is 0 Å². The van der Waals surface area contributed by atoms with Crippen molar-refractivity contribution in [1.82, 2.24) is 0 Å². The molecule has 0 bridgehead atoms. The van der Waals surface area contributed by atoms with Gasteiger partial charge in [0.15, 0.2) is 5.25 Å². The highest BCUT2D eigenvalue weighted by Crippen LogP contribution is 2.39. The summed E-state index contributed by atoms with van der Waals surface area (Å²) in [6.45, 7) is 4.17. The van der Waals surface area contributed by atoms with E-state index in [2.05, 4.69) is 13.8 Å². The normalized spacial score (nSPS) is 12.9. The Kier molecular flexibility index (Phi) is 16.6. The van der Waals surface area contributed by atoms with Crippen molar-refractivity contribution in [2.75, 3.05) is 0 Å². The number of carbonyl (C=O) groups is 2. The highest BCUT2D eigenvalue weighted by molar-refractivity contribution is 7.87. The molecule has 29 heavy (non-hydrogen) atoms. The summed E-state index contributed by atoms with van der Waals surface area (Å²) < 4.78 is 33.1. The molecule has 0 aliphatic heterocycles. The number of unbranched alkanes of at least 4 members (excludes halogenated alkanes) is 10. The van der Waals surface area contributed by atoms with E-state index in [1.165, 1.54) is 0 Å². The van der Waals surface area contributed by atoms with Crippen molar-refractivity contribution < 1.29 is 32.8 Å². The first kappa shape index (κ1) is 30.3. The lowest BCUT2D eigenvalue weighted by Crippen LogP contribution is -2.51. The van der Waals surface area contributed by atoms with Gasteiger partial charge in [-0.05, 0) is 12.8 Å². The average molecular weight is 459 g/mol. The molecule has 0 aromatic rings. The van der Waals surface area contributed by atoms with Crippen LogP contribution in [0, 0.1) is 5.41 Å². The summed E-state index contributed by atoms with van der Waals surface area (Å²) in [5.74, 6) is -3.26. The first-order valence-electron chi connectivity index (χ1n) is 10.6. The minimum atomic E-state index is -5.05. The van der Waals surface area contributed by atoms with Crippen LogP contribution in [0.15, 0.2) is 0 Å². The van der Waals surface area contributed by atoms with E-state index in [9.17, 15) is 32.8 Å². The van der Waals surface area contributed by atoms with Gasteiger partial charge in [-0.2, -0.15) is 8.42 Å². The van der Waals surface area contributed by atoms with Gasteiger partial charge in [-0.15, -0.1) is 12.4 Å². The molecule has 0 aromatic carbocycles. The Hall–Kier alpha value is -0.860. The summed E-state index contributed by atoms with van der Waals surface area (Å²) in [5, 5.41) is 16.9. The van der Waals surface area contributed by atoms with Gasteiger partial charge in [0.25, 0.3) is 10.1 Å². The van der Waals surface area contributed by atoms with Crippen LogP contribution in [0.4, 0.5) is 0 Å². The van der Waals surface area contributed by atoms with Gasteiger partial charge in [-0.25, -0.2) is 0 Å². The molecule has 0 spiro atoms. The predicted octanol–water partition coefficient (Wildman–Crippen LogP) is 5.32. The van der Waals surface area contributed by atoms with E-state index in [1.807, 2.05) is 0 Å². The summed E-state index contributed by atoms with van der Waals surface area (Å²) in [4.78, 5) is 23.8. The Morgan fingerprint density at radius 1 is 0.759 bits per heavy atom. The smallest absolute Gasteiger partial charge is 0.325 e. The lowest BCUT2D eigenvalue weighted by Gasteiger charge is -2.33. The molecule has 0 aliphatic rings. The second kappa shape index (κ2) is 15.9. The highest BCUT2D eigenvalue weighted by Gasteiger charge is 2.55. The highest BCUT2D eigenvalue weighted by atomic mass is 35.5. The van der Waals surface area contributed by atoms with Gasteiger partial charge in [-0.3, -0.25) is 14.1 Å². The molecule has 0 saturated carbocycles. The maximum atomic E-state index is 12.1. The Labute approximate surface area is 181 Å². The van der Waals surface area contributed by atoms with Crippen LogP contribution >= 0.6 is 12.4 Å². The molecule has 0 fully saturated rings. The number of halogens is 1. The fraction of sp³-hybridized carbons (Fsp3) is 0.900. The van der Waals surface area contributed by atoms with Crippen LogP contribution in [0.25, 0.3) is 0 Å². The van der Waals surface area contributed by atoms with Crippen molar-refractivity contribution in [1.29, 1.82) is 0 Å². The topological polar surface area (TPSA) is 129 Å². The quantitative estimate of drug-likeness (QED) is 0.187. The summed E-state index contributed by atoms with van der Waals surface area (Å²) in [6.07, 6.45) is 10.2. The molecule has 0 aliphatic carbocycles. The zero-order chi connectivity index (χ0) is 21.6. The van der Waals surface area contributed by atoms with Gasteiger partial charge in [0.05, 0.1) is 5.41 Å². The van der Waals surface area contributed by atoms with Gasteiger partial charge in [0, 0.05) is 0 Å². The van der Waals surface area contributed by atoms with Crippen molar-refractivity contribution in [2.24, 2.45) is 5.41 Å². The van der Waals surface area contributed by atoms with Crippen LogP contribution in [0.5, 0.6) is 0 Å². The maximum absolute atomic E-state index is 12.1. The Morgan fingerprint density at radius 2 is 1.10 bits per heavy atom. The number of carboxylic acid groups (broad SMARTS) is 2. The summed E-state index contributed by atoms with van der Waals surface area (Å²) in [6, 6.07) is 0. The Morgan fingerprint density at radius 3 is 1.38 bits per heavy atom. The third kappa shape index (κ3) is 11.2. The first-order chi connectivity index (χ1) is 13.1. The van der Waals surface area contributed by atoms with E-state index < -0.39 is 32.7 Å². The van der Waals surface area contributed by atoms with E-state index in [0.717, 1.165) is 51.4 Å². The number of aliphatic carboxylic acids is 2. The third-order valence-electron chi connectivity index (χ3n) is 5.40. The molecular formula is C20H39ClO7S. The third-order valence-corrected chi connectivity index (χ3v) is 6.65. The molecule has 0 heterocycles. The molecular weight excluding hydrogens is 420 g/mol. The van der Waals surface area contributed by atoms with Crippen LogP contribution in [0.3, 0.4) is 0 Å². The molecule has 0 rings (SSSR count). The summed E-state index contributed by atoms with van der Waals surface area (Å²) in [5.41, 5.74) is -2.01. The van der Waals surface area contributed by atoms with Crippen molar-refractivity contribution in [3.63, 3.8) is 0 Å². The largest absolute Gasteiger partial charge is 0.481 e. The van der Waals surface area contributed by atoms with Crippen LogP contribution in [0.2, 0.25) is 0 Å². The van der Waals surface area contributed by atoms with Gasteiger partial charge in [0.2, 0.25) is 0 Å². The molecule has 7 nitrogen and oxygen atoms in total. The standard InChI is InChI=1S/C20H38O7S.ClH/c1-3-5-7-9-11-13-15-20(19(23)24,16-14-12-10-8-6-4-2)17(18(21)22)28(25,26)27;/h17H,3-16H2,1-2H3,(H,21,22)(H,23,24)(H,25,26,27);1H. The molecule has 174 valence electrons. The van der Waals surface area contributed by atoms with E-state index in [0.29, 0.717) is 25.7 Å². The summed E-state index contributed by atoms with van der Waals surface area (Å²) >= 11 is 0. The molecule has 0 aromatic heterocycles. The second-order valence-electron chi connectivity index (χ2n) is 7.73. The van der Waals surface area contributed by atoms with Gasteiger partial charge in [-0.1, -0.05) is 90.9 Å². The van der Waals surface area contributed by atoms with Crippen LogP contribution < -0.4 is 0 Å². The van der Waals surface area contributed by atoms with E-state index in [1.54, 1.807) is 0 Å². The zero-order valence-electron chi connectivity index (χ0n) is 17.8. The SMILES string of the molecule is CCCCCCCCC(CCCCCCCC)(C(=O)O)C(C(=O)O)S(=O)(=O)O.Cl. The molecule has 1 unspecified atom stereocenters. The minimum Gasteiger partial charge on any atom is -0.481 e. The molecule has 3 N–H and O–H groups in total. The van der Waals surface area contributed by atoms with Crippen LogP contribution in [-0.4, -0.2) is 40.4 Å². The van der Waals surface area contributed by atoms with Gasteiger partial charge < -0.3 is 10.2 Å². The number of carboxylic acids is 2. The summed E-state index contributed by atoms with van der Waals surface area (Å²) in [7, 11) is -5.05. The Balaban J connectivity index is 0. The lowest BCUT2D eigenvalue weighted by atomic mass is 9.74. The second-order valence-corrected chi connectivity index (χ2v) is 9.23. The lowest BCUT2D eigenvalue weighted by molar-refractivity contribution is -0.156.